The quantitative estimate of drug-likeness (QED) is 0.492. The third-order valence-corrected chi connectivity index (χ3v) is 3.27. The van der Waals surface area contributed by atoms with E-state index in [0.29, 0.717) is 11.2 Å². The van der Waals surface area contributed by atoms with Crippen LogP contribution in [0.3, 0.4) is 0 Å². The highest BCUT2D eigenvalue weighted by Crippen LogP contribution is 2.24. The van der Waals surface area contributed by atoms with Gasteiger partial charge in [0.1, 0.15) is 5.65 Å². The van der Waals surface area contributed by atoms with Crippen molar-refractivity contribution in [2.45, 2.75) is 0 Å². The first-order valence-corrected chi connectivity index (χ1v) is 6.05. The lowest BCUT2D eigenvalue weighted by Gasteiger charge is -2.29. The zero-order chi connectivity index (χ0) is 12.5. The fraction of sp³-hybridized carbons (Fsp3) is 0.364. The van der Waals surface area contributed by atoms with E-state index in [1.807, 2.05) is 6.07 Å². The topological polar surface area (TPSA) is 84.4 Å². The van der Waals surface area contributed by atoms with Gasteiger partial charge in [-0.15, -0.1) is 0 Å². The number of hydrogen-bond acceptors (Lipinski definition) is 5. The first-order valence-electron chi connectivity index (χ1n) is 6.05. The predicted octanol–water partition coefficient (Wildman–Crippen LogP) is -1.35. The minimum Gasteiger partial charge on any atom is -0.422 e. The second-order valence-corrected chi connectivity index (χ2v) is 4.43. The molecule has 4 N–H and O–H groups in total. The second kappa shape index (κ2) is 4.60. The van der Waals surface area contributed by atoms with Gasteiger partial charge in [-0.3, -0.25) is 0 Å². The number of piperazine rings is 1. The van der Waals surface area contributed by atoms with Crippen molar-refractivity contribution in [3.8, 4) is 0 Å². The largest absolute Gasteiger partial charge is 0.505 e. The average molecular weight is 246 g/mol. The molecule has 7 heteroatoms. The van der Waals surface area contributed by atoms with Gasteiger partial charge in [-0.1, -0.05) is 0 Å². The van der Waals surface area contributed by atoms with E-state index in [0.717, 1.165) is 37.3 Å². The Morgan fingerprint density at radius 1 is 1.28 bits per heavy atom. The summed E-state index contributed by atoms with van der Waals surface area (Å²) < 4.78 is 0. The molecular formula is C11H15BN4O2. The summed E-state index contributed by atoms with van der Waals surface area (Å²) in [5.74, 6) is 0. The standard InChI is InChI=1S/C11H15BN4O2/c17-12(18)10-7-8-9(1-2-14-11(8)15-10)16-5-3-13-4-6-16/h1-2,7,13,17-18H,3-6H2,(H,14,15). The molecule has 0 aromatic carbocycles. The molecule has 18 heavy (non-hydrogen) atoms. The van der Waals surface area contributed by atoms with Crippen molar-refractivity contribution in [2.24, 2.45) is 0 Å². The molecule has 0 saturated carbocycles. The molecule has 0 bridgehead atoms. The molecule has 3 rings (SSSR count). The monoisotopic (exact) mass is 246 g/mol. The Morgan fingerprint density at radius 3 is 2.78 bits per heavy atom. The summed E-state index contributed by atoms with van der Waals surface area (Å²) in [4.78, 5) is 9.42. The van der Waals surface area contributed by atoms with E-state index in [4.69, 9.17) is 0 Å². The first kappa shape index (κ1) is 11.5. The molecule has 2 aromatic heterocycles. The zero-order valence-electron chi connectivity index (χ0n) is 9.93. The van der Waals surface area contributed by atoms with E-state index in [-0.39, 0.29) is 0 Å². The van der Waals surface area contributed by atoms with E-state index in [9.17, 15) is 10.0 Å². The second-order valence-electron chi connectivity index (χ2n) is 4.43. The number of H-pyrrole nitrogens is 1. The molecule has 6 nitrogen and oxygen atoms in total. The normalized spacial score (nSPS) is 16.2. The molecule has 1 fully saturated rings. The maximum Gasteiger partial charge on any atom is 0.505 e. The van der Waals surface area contributed by atoms with E-state index >= 15 is 0 Å². The van der Waals surface area contributed by atoms with E-state index in [1.54, 1.807) is 12.3 Å². The van der Waals surface area contributed by atoms with Gasteiger partial charge in [0.2, 0.25) is 0 Å². The SMILES string of the molecule is OB(O)c1cc2c(N3CCNCC3)ccnc2[nH]1. The Labute approximate surface area is 105 Å². The molecule has 0 amide bonds. The highest BCUT2D eigenvalue weighted by Gasteiger charge is 2.19. The summed E-state index contributed by atoms with van der Waals surface area (Å²) >= 11 is 0. The average Bonchev–Trinajstić information content (AvgIpc) is 2.83. The van der Waals surface area contributed by atoms with Crippen LogP contribution in [0.15, 0.2) is 18.3 Å². The molecular weight excluding hydrogens is 231 g/mol. The lowest BCUT2D eigenvalue weighted by molar-refractivity contribution is 0.424. The first-order chi connectivity index (χ1) is 8.75. The molecule has 0 atom stereocenters. The number of pyridine rings is 1. The Hall–Kier alpha value is -1.57. The number of hydrogen-bond donors (Lipinski definition) is 4. The molecule has 0 radical (unpaired) electrons. The van der Waals surface area contributed by atoms with Crippen LogP contribution in [0.4, 0.5) is 5.69 Å². The van der Waals surface area contributed by atoms with Gasteiger partial charge >= 0.3 is 7.12 Å². The molecule has 2 aromatic rings. The van der Waals surface area contributed by atoms with E-state index in [1.165, 1.54) is 0 Å². The molecule has 0 aliphatic carbocycles. The van der Waals surface area contributed by atoms with Crippen LogP contribution < -0.4 is 15.8 Å². The number of aromatic nitrogens is 2. The van der Waals surface area contributed by atoms with Crippen LogP contribution in [-0.4, -0.2) is 53.3 Å². The molecule has 1 aliphatic heterocycles. The number of anilines is 1. The molecule has 94 valence electrons. The van der Waals surface area contributed by atoms with Gasteiger partial charge in [0.25, 0.3) is 0 Å². The maximum atomic E-state index is 9.20. The van der Waals surface area contributed by atoms with Gasteiger partial charge in [0.05, 0.1) is 0 Å². The minimum absolute atomic E-state index is 0.375. The lowest BCUT2D eigenvalue weighted by Crippen LogP contribution is -2.43. The number of rotatable bonds is 2. The molecule has 1 saturated heterocycles. The van der Waals surface area contributed by atoms with Crippen LogP contribution >= 0.6 is 0 Å². The number of nitrogens with zero attached hydrogens (tertiary/aromatic N) is 2. The smallest absolute Gasteiger partial charge is 0.422 e. The number of fused-ring (bicyclic) bond motifs is 1. The fourth-order valence-electron chi connectivity index (χ4n) is 2.35. The molecule has 0 unspecified atom stereocenters. The van der Waals surface area contributed by atoms with Gasteiger partial charge < -0.3 is 25.2 Å². The summed E-state index contributed by atoms with van der Waals surface area (Å²) in [5, 5.41) is 22.6. The van der Waals surface area contributed by atoms with Crippen LogP contribution in [0, 0.1) is 0 Å². The lowest BCUT2D eigenvalue weighted by atomic mass is 9.86. The van der Waals surface area contributed by atoms with Crippen molar-refractivity contribution in [2.75, 3.05) is 31.1 Å². The van der Waals surface area contributed by atoms with Crippen molar-refractivity contribution in [1.82, 2.24) is 15.3 Å². The van der Waals surface area contributed by atoms with Crippen LogP contribution in [-0.2, 0) is 0 Å². The Balaban J connectivity index is 2.05. The number of nitrogens with one attached hydrogen (secondary N) is 2. The van der Waals surface area contributed by atoms with E-state index < -0.39 is 7.12 Å². The van der Waals surface area contributed by atoms with Crippen molar-refractivity contribution in [1.29, 1.82) is 0 Å². The summed E-state index contributed by atoms with van der Waals surface area (Å²) in [6.45, 7) is 3.82. The van der Waals surface area contributed by atoms with Gasteiger partial charge in [-0.2, -0.15) is 0 Å². The zero-order valence-corrected chi connectivity index (χ0v) is 9.93. The Morgan fingerprint density at radius 2 is 2.06 bits per heavy atom. The number of aromatic amines is 1. The third-order valence-electron chi connectivity index (χ3n) is 3.27. The molecule has 3 heterocycles. The highest BCUT2D eigenvalue weighted by molar-refractivity contribution is 6.58. The molecule has 1 aliphatic rings. The minimum atomic E-state index is -1.49. The van der Waals surface area contributed by atoms with Gasteiger partial charge in [0, 0.05) is 49.0 Å². The van der Waals surface area contributed by atoms with Gasteiger partial charge in [0.15, 0.2) is 0 Å². The maximum absolute atomic E-state index is 9.20. The fourth-order valence-corrected chi connectivity index (χ4v) is 2.35. The predicted molar refractivity (Wildman–Crippen MR) is 71.0 cm³/mol. The van der Waals surface area contributed by atoms with Crippen molar-refractivity contribution in [3.63, 3.8) is 0 Å². The van der Waals surface area contributed by atoms with E-state index in [2.05, 4.69) is 20.2 Å². The summed E-state index contributed by atoms with van der Waals surface area (Å²) in [7, 11) is -1.49. The highest BCUT2D eigenvalue weighted by atomic mass is 16.4. The Kier molecular flexibility index (Phi) is 2.95. The van der Waals surface area contributed by atoms with Crippen molar-refractivity contribution >= 4 is 29.4 Å². The summed E-state index contributed by atoms with van der Waals surface area (Å²) in [5.41, 5.74) is 2.15. The van der Waals surface area contributed by atoms with Crippen LogP contribution in [0.5, 0.6) is 0 Å². The van der Waals surface area contributed by atoms with Crippen molar-refractivity contribution < 1.29 is 10.0 Å². The van der Waals surface area contributed by atoms with Gasteiger partial charge in [-0.05, 0) is 12.1 Å². The van der Waals surface area contributed by atoms with Crippen LogP contribution in [0.25, 0.3) is 11.0 Å². The Bertz CT molecular complexity index is 551. The van der Waals surface area contributed by atoms with Crippen LogP contribution in [0.2, 0.25) is 0 Å². The molecule has 0 spiro atoms. The van der Waals surface area contributed by atoms with Crippen LogP contribution in [0.1, 0.15) is 0 Å². The van der Waals surface area contributed by atoms with Gasteiger partial charge in [-0.25, -0.2) is 4.98 Å². The van der Waals surface area contributed by atoms with Crippen molar-refractivity contribution in [3.05, 3.63) is 18.3 Å². The summed E-state index contributed by atoms with van der Waals surface area (Å²) in [6, 6.07) is 3.72. The summed E-state index contributed by atoms with van der Waals surface area (Å²) in [6.07, 6.45) is 1.74. The third kappa shape index (κ3) is 1.96.